The molecule has 1 saturated heterocycles. The third-order valence-electron chi connectivity index (χ3n) is 2.81. The van der Waals surface area contributed by atoms with Gasteiger partial charge in [0.1, 0.15) is 5.76 Å². The molecule has 0 amide bonds. The Kier molecular flexibility index (Phi) is 5.12. The predicted molar refractivity (Wildman–Crippen MR) is 66.2 cm³/mol. The van der Waals surface area contributed by atoms with Gasteiger partial charge < -0.3 is 15.5 Å². The summed E-state index contributed by atoms with van der Waals surface area (Å²) >= 11 is 3.29. The lowest BCUT2D eigenvalue weighted by Gasteiger charge is -2.26. The molecule has 0 bridgehead atoms. The molecule has 0 unspecified atom stereocenters. The van der Waals surface area contributed by atoms with E-state index in [0.717, 1.165) is 36.4 Å². The molecule has 1 aromatic rings. The lowest BCUT2D eigenvalue weighted by Crippen LogP contribution is -2.33. The molecule has 3 nitrogen and oxygen atoms in total. The summed E-state index contributed by atoms with van der Waals surface area (Å²) in [6.45, 7) is 2.14. The van der Waals surface area contributed by atoms with E-state index in [4.69, 9.17) is 10.2 Å². The van der Waals surface area contributed by atoms with Crippen molar-refractivity contribution in [2.24, 2.45) is 11.7 Å². The van der Waals surface area contributed by atoms with Crippen LogP contribution in [-0.4, -0.2) is 13.1 Å². The van der Waals surface area contributed by atoms with Gasteiger partial charge in [-0.05, 0) is 59.9 Å². The number of nitrogens with two attached hydrogens (primary N) is 1. The number of piperidine rings is 1. The lowest BCUT2D eigenvalue weighted by atomic mass is 9.89. The fourth-order valence-electron chi connectivity index (χ4n) is 1.94. The summed E-state index contributed by atoms with van der Waals surface area (Å²) in [5, 5.41) is 3.33. The second-order valence-corrected chi connectivity index (χ2v) is 4.54. The van der Waals surface area contributed by atoms with E-state index in [1.54, 1.807) is 0 Å². The van der Waals surface area contributed by atoms with Gasteiger partial charge in [-0.25, -0.2) is 0 Å². The van der Waals surface area contributed by atoms with Crippen molar-refractivity contribution in [2.75, 3.05) is 13.1 Å². The van der Waals surface area contributed by atoms with Gasteiger partial charge in [-0.15, -0.1) is 12.4 Å². The highest BCUT2D eigenvalue weighted by Gasteiger charge is 2.23. The van der Waals surface area contributed by atoms with Gasteiger partial charge in [-0.1, -0.05) is 0 Å². The highest BCUT2D eigenvalue weighted by atomic mass is 79.9. The Morgan fingerprint density at radius 2 is 2.07 bits per heavy atom. The van der Waals surface area contributed by atoms with Crippen LogP contribution in [0.5, 0.6) is 0 Å². The van der Waals surface area contributed by atoms with Crippen molar-refractivity contribution in [2.45, 2.75) is 18.9 Å². The fraction of sp³-hybridized carbons (Fsp3) is 0.600. The Bertz CT molecular complexity index is 299. The normalized spacial score (nSPS) is 19.6. The molecule has 0 radical (unpaired) electrons. The third-order valence-corrected chi connectivity index (χ3v) is 3.24. The summed E-state index contributed by atoms with van der Waals surface area (Å²) in [6.07, 6.45) is 2.28. The Hall–Kier alpha value is -0.0300. The van der Waals surface area contributed by atoms with E-state index < -0.39 is 0 Å². The minimum atomic E-state index is 0. The molecule has 86 valence electrons. The van der Waals surface area contributed by atoms with Crippen molar-refractivity contribution >= 4 is 28.3 Å². The summed E-state index contributed by atoms with van der Waals surface area (Å²) in [5.74, 6) is 1.44. The molecule has 3 N–H and O–H groups in total. The second-order valence-electron chi connectivity index (χ2n) is 3.76. The molecule has 0 saturated carbocycles. The van der Waals surface area contributed by atoms with Crippen LogP contribution in [0.25, 0.3) is 0 Å². The van der Waals surface area contributed by atoms with Gasteiger partial charge >= 0.3 is 0 Å². The van der Waals surface area contributed by atoms with Gasteiger partial charge in [-0.2, -0.15) is 0 Å². The summed E-state index contributed by atoms with van der Waals surface area (Å²) in [5.41, 5.74) is 6.14. The molecular formula is C10H16BrClN2O. The molecule has 1 aliphatic rings. The van der Waals surface area contributed by atoms with Crippen LogP contribution in [0.3, 0.4) is 0 Å². The molecule has 0 spiro atoms. The first-order valence-corrected chi connectivity index (χ1v) is 5.78. The Morgan fingerprint density at radius 3 is 2.60 bits per heavy atom. The minimum absolute atomic E-state index is 0. The second kappa shape index (κ2) is 5.89. The maximum atomic E-state index is 6.14. The quantitative estimate of drug-likeness (QED) is 0.881. The zero-order valence-corrected chi connectivity index (χ0v) is 10.8. The van der Waals surface area contributed by atoms with Crippen LogP contribution in [0.2, 0.25) is 0 Å². The number of nitrogens with one attached hydrogen (secondary N) is 1. The van der Waals surface area contributed by atoms with E-state index in [2.05, 4.69) is 21.2 Å². The predicted octanol–water partition coefficient (Wildman–Crippen LogP) is 2.46. The van der Waals surface area contributed by atoms with E-state index in [1.807, 2.05) is 12.1 Å². The van der Waals surface area contributed by atoms with Crippen molar-refractivity contribution in [3.63, 3.8) is 0 Å². The maximum Gasteiger partial charge on any atom is 0.169 e. The van der Waals surface area contributed by atoms with E-state index >= 15 is 0 Å². The van der Waals surface area contributed by atoms with E-state index in [9.17, 15) is 0 Å². The largest absolute Gasteiger partial charge is 0.453 e. The molecule has 1 aliphatic heterocycles. The van der Waals surface area contributed by atoms with Gasteiger partial charge in [0, 0.05) is 0 Å². The fourth-order valence-corrected chi connectivity index (χ4v) is 2.26. The number of hydrogen-bond donors (Lipinski definition) is 2. The van der Waals surface area contributed by atoms with Crippen molar-refractivity contribution < 1.29 is 4.42 Å². The molecule has 2 heterocycles. The monoisotopic (exact) mass is 294 g/mol. The van der Waals surface area contributed by atoms with Crippen molar-refractivity contribution in [3.05, 3.63) is 22.6 Å². The number of halogens is 2. The van der Waals surface area contributed by atoms with Crippen LogP contribution in [-0.2, 0) is 0 Å². The molecule has 2 rings (SSSR count). The third kappa shape index (κ3) is 3.21. The van der Waals surface area contributed by atoms with Gasteiger partial charge in [0.2, 0.25) is 0 Å². The van der Waals surface area contributed by atoms with Crippen LogP contribution >= 0.6 is 28.3 Å². The number of hydrogen-bond acceptors (Lipinski definition) is 3. The highest BCUT2D eigenvalue weighted by molar-refractivity contribution is 9.10. The summed E-state index contributed by atoms with van der Waals surface area (Å²) in [4.78, 5) is 0. The summed E-state index contributed by atoms with van der Waals surface area (Å²) in [7, 11) is 0. The zero-order valence-electron chi connectivity index (χ0n) is 8.41. The van der Waals surface area contributed by atoms with Crippen LogP contribution in [0.15, 0.2) is 21.2 Å². The Labute approximate surface area is 104 Å². The molecule has 5 heteroatoms. The molecule has 1 atom stereocenters. The molecule has 15 heavy (non-hydrogen) atoms. The zero-order chi connectivity index (χ0) is 9.97. The van der Waals surface area contributed by atoms with Crippen LogP contribution in [0.4, 0.5) is 0 Å². The van der Waals surface area contributed by atoms with Gasteiger partial charge in [0.05, 0.1) is 6.04 Å². The van der Waals surface area contributed by atoms with Gasteiger partial charge in [0.25, 0.3) is 0 Å². The molecular weight excluding hydrogens is 279 g/mol. The van der Waals surface area contributed by atoms with Crippen LogP contribution in [0, 0.1) is 5.92 Å². The molecule has 0 aromatic carbocycles. The van der Waals surface area contributed by atoms with Crippen LogP contribution < -0.4 is 11.1 Å². The van der Waals surface area contributed by atoms with Gasteiger partial charge in [0.15, 0.2) is 4.67 Å². The summed E-state index contributed by atoms with van der Waals surface area (Å²) in [6, 6.07) is 3.90. The number of rotatable bonds is 2. The van der Waals surface area contributed by atoms with E-state index in [1.165, 1.54) is 0 Å². The number of furan rings is 1. The molecule has 0 aliphatic carbocycles. The smallest absolute Gasteiger partial charge is 0.169 e. The first-order valence-electron chi connectivity index (χ1n) is 4.99. The molecule has 1 aromatic heterocycles. The molecule has 1 fully saturated rings. The van der Waals surface area contributed by atoms with Crippen molar-refractivity contribution in [3.8, 4) is 0 Å². The topological polar surface area (TPSA) is 51.2 Å². The summed E-state index contributed by atoms with van der Waals surface area (Å²) < 4.78 is 6.23. The first-order chi connectivity index (χ1) is 6.77. The van der Waals surface area contributed by atoms with Crippen LogP contribution in [0.1, 0.15) is 24.6 Å². The highest BCUT2D eigenvalue weighted by Crippen LogP contribution is 2.29. The van der Waals surface area contributed by atoms with Crippen molar-refractivity contribution in [1.29, 1.82) is 0 Å². The average molecular weight is 296 g/mol. The Morgan fingerprint density at radius 1 is 1.40 bits per heavy atom. The van der Waals surface area contributed by atoms with Crippen molar-refractivity contribution in [1.82, 2.24) is 5.32 Å². The Balaban J connectivity index is 0.00000112. The average Bonchev–Trinajstić information content (AvgIpc) is 2.65. The van der Waals surface area contributed by atoms with Gasteiger partial charge in [-0.3, -0.25) is 0 Å². The first kappa shape index (κ1) is 13.0. The van der Waals surface area contributed by atoms with E-state index in [0.29, 0.717) is 5.92 Å². The van der Waals surface area contributed by atoms with E-state index in [-0.39, 0.29) is 18.4 Å². The lowest BCUT2D eigenvalue weighted by molar-refractivity contribution is 0.289. The maximum absolute atomic E-state index is 6.14. The standard InChI is InChI=1S/C10H15BrN2O.ClH/c11-9-2-1-8(14-9)10(12)7-3-5-13-6-4-7;/h1-2,7,10,13H,3-6,12H2;1H/t10-;/m1./s1. The SMILES string of the molecule is Cl.N[C@@H](c1ccc(Br)o1)C1CCNCC1. The minimum Gasteiger partial charge on any atom is -0.453 e.